The molecular weight excluding hydrogens is 344 g/mol. The molecule has 0 amide bonds. The van der Waals surface area contributed by atoms with E-state index < -0.39 is 0 Å². The third-order valence-corrected chi connectivity index (χ3v) is 4.84. The fraction of sp³-hybridized carbons (Fsp3) is 0.136. The van der Waals surface area contributed by atoms with Crippen molar-refractivity contribution in [3.8, 4) is 5.75 Å². The van der Waals surface area contributed by atoms with E-state index in [-0.39, 0.29) is 6.04 Å². The van der Waals surface area contributed by atoms with E-state index in [9.17, 15) is 0 Å². The van der Waals surface area contributed by atoms with E-state index in [4.69, 9.17) is 21.3 Å². The molecule has 1 unspecified atom stereocenters. The van der Waals surface area contributed by atoms with E-state index in [1.165, 1.54) is 5.56 Å². The summed E-state index contributed by atoms with van der Waals surface area (Å²) in [5, 5.41) is 0.719. The maximum atomic E-state index is 5.98. The fourth-order valence-corrected chi connectivity index (χ4v) is 3.33. The van der Waals surface area contributed by atoms with Crippen LogP contribution in [0.25, 0.3) is 0 Å². The van der Waals surface area contributed by atoms with Gasteiger partial charge in [-0.3, -0.25) is 0 Å². The summed E-state index contributed by atoms with van der Waals surface area (Å²) < 4.78 is 5.28. The smallest absolute Gasteiger partial charge is 0.119 e. The largest absolute Gasteiger partial charge is 0.497 e. The van der Waals surface area contributed by atoms with E-state index in [0.717, 1.165) is 34.4 Å². The number of halogens is 1. The minimum absolute atomic E-state index is 0.288. The average Bonchev–Trinajstić information content (AvgIpc) is 2.67. The van der Waals surface area contributed by atoms with Gasteiger partial charge in [-0.1, -0.05) is 41.9 Å². The second kappa shape index (κ2) is 7.22. The van der Waals surface area contributed by atoms with Crippen LogP contribution in [-0.2, 0) is 0 Å². The molecule has 1 aliphatic heterocycles. The third kappa shape index (κ3) is 3.31. The summed E-state index contributed by atoms with van der Waals surface area (Å²) in [6, 6.07) is 26.6. The number of nitrogens with zero attached hydrogens (tertiary/aromatic N) is 2. The average molecular weight is 363 g/mol. The van der Waals surface area contributed by atoms with Crippen LogP contribution in [0.15, 0.2) is 83.9 Å². The monoisotopic (exact) mass is 362 g/mol. The minimum Gasteiger partial charge on any atom is -0.497 e. The van der Waals surface area contributed by atoms with Crippen LogP contribution in [-0.4, -0.2) is 12.9 Å². The Morgan fingerprint density at radius 1 is 0.923 bits per heavy atom. The van der Waals surface area contributed by atoms with Gasteiger partial charge in [-0.2, -0.15) is 0 Å². The van der Waals surface area contributed by atoms with Gasteiger partial charge in [0.05, 0.1) is 18.8 Å². The summed E-state index contributed by atoms with van der Waals surface area (Å²) in [6.07, 6.45) is 0.901. The summed E-state index contributed by atoms with van der Waals surface area (Å²) >= 11 is 5.98. The van der Waals surface area contributed by atoms with Gasteiger partial charge in [0.2, 0.25) is 0 Å². The molecule has 0 aromatic heterocycles. The quantitative estimate of drug-likeness (QED) is 0.566. The number of amidine groups is 1. The van der Waals surface area contributed by atoms with E-state index >= 15 is 0 Å². The molecule has 1 saturated heterocycles. The SMILES string of the molecule is COc1ccc(N2C(=Nc3ccc(Cl)cc3)CC2c2ccccc2)cc1. The Bertz CT molecular complexity index is 905. The number of hydrogen-bond acceptors (Lipinski definition) is 2. The van der Waals surface area contributed by atoms with Crippen LogP contribution < -0.4 is 9.64 Å². The van der Waals surface area contributed by atoms with Crippen LogP contribution in [0.1, 0.15) is 18.0 Å². The van der Waals surface area contributed by atoms with Gasteiger partial charge in [0.1, 0.15) is 11.6 Å². The number of rotatable bonds is 4. The van der Waals surface area contributed by atoms with Crippen LogP contribution in [0.5, 0.6) is 5.75 Å². The van der Waals surface area contributed by atoms with Crippen molar-refractivity contribution in [2.45, 2.75) is 12.5 Å². The van der Waals surface area contributed by atoms with Gasteiger partial charge in [0.15, 0.2) is 0 Å². The van der Waals surface area contributed by atoms with E-state index in [1.54, 1.807) is 7.11 Å². The molecule has 26 heavy (non-hydrogen) atoms. The van der Waals surface area contributed by atoms with Gasteiger partial charge in [-0.15, -0.1) is 0 Å². The van der Waals surface area contributed by atoms with Gasteiger partial charge in [-0.05, 0) is 54.1 Å². The molecule has 3 nitrogen and oxygen atoms in total. The predicted octanol–water partition coefficient (Wildman–Crippen LogP) is 6.03. The highest BCUT2D eigenvalue weighted by atomic mass is 35.5. The Kier molecular flexibility index (Phi) is 4.63. The van der Waals surface area contributed by atoms with Crippen LogP contribution in [0, 0.1) is 0 Å². The van der Waals surface area contributed by atoms with E-state index in [0.29, 0.717) is 0 Å². The second-order valence-corrected chi connectivity index (χ2v) is 6.64. The van der Waals surface area contributed by atoms with Crippen molar-refractivity contribution < 1.29 is 4.74 Å². The Hall–Kier alpha value is -2.78. The first-order chi connectivity index (χ1) is 12.7. The van der Waals surface area contributed by atoms with Gasteiger partial charge in [0, 0.05) is 17.1 Å². The second-order valence-electron chi connectivity index (χ2n) is 6.20. The molecule has 4 heteroatoms. The van der Waals surface area contributed by atoms with Crippen LogP contribution >= 0.6 is 11.6 Å². The molecule has 130 valence electrons. The topological polar surface area (TPSA) is 24.8 Å². The molecule has 1 aliphatic rings. The van der Waals surface area contributed by atoms with Gasteiger partial charge in [0.25, 0.3) is 0 Å². The normalized spacial score (nSPS) is 17.8. The molecular formula is C22H19ClN2O. The first kappa shape index (κ1) is 16.7. The van der Waals surface area contributed by atoms with Crippen LogP contribution in [0.4, 0.5) is 11.4 Å². The number of hydrogen-bond donors (Lipinski definition) is 0. The van der Waals surface area contributed by atoms with Gasteiger partial charge in [-0.25, -0.2) is 4.99 Å². The zero-order valence-electron chi connectivity index (χ0n) is 14.5. The van der Waals surface area contributed by atoms with Crippen molar-refractivity contribution >= 4 is 28.8 Å². The predicted molar refractivity (Wildman–Crippen MR) is 108 cm³/mol. The lowest BCUT2D eigenvalue weighted by Crippen LogP contribution is -2.46. The zero-order chi connectivity index (χ0) is 17.9. The van der Waals surface area contributed by atoms with Crippen molar-refractivity contribution in [2.24, 2.45) is 4.99 Å². The summed E-state index contributed by atoms with van der Waals surface area (Å²) in [5.74, 6) is 1.90. The summed E-state index contributed by atoms with van der Waals surface area (Å²) in [4.78, 5) is 7.12. The number of ether oxygens (including phenoxy) is 1. The molecule has 1 heterocycles. The Morgan fingerprint density at radius 2 is 1.62 bits per heavy atom. The lowest BCUT2D eigenvalue weighted by atomic mass is 9.92. The van der Waals surface area contributed by atoms with Crippen molar-refractivity contribution in [3.63, 3.8) is 0 Å². The van der Waals surface area contributed by atoms with E-state index in [1.807, 2.05) is 42.5 Å². The van der Waals surface area contributed by atoms with Crippen molar-refractivity contribution in [2.75, 3.05) is 12.0 Å². The number of methoxy groups -OCH3 is 1. The number of aliphatic imine (C=N–C) groups is 1. The Morgan fingerprint density at radius 3 is 2.27 bits per heavy atom. The zero-order valence-corrected chi connectivity index (χ0v) is 15.2. The molecule has 3 aromatic rings. The third-order valence-electron chi connectivity index (χ3n) is 4.59. The molecule has 4 rings (SSSR count). The maximum Gasteiger partial charge on any atom is 0.119 e. The standard InChI is InChI=1S/C22H19ClN2O/c1-26-20-13-11-19(12-14-20)25-21(16-5-3-2-4-6-16)15-22(25)24-18-9-7-17(23)8-10-18/h2-14,21H,15H2,1H3. The van der Waals surface area contributed by atoms with E-state index in [2.05, 4.69) is 41.3 Å². The van der Waals surface area contributed by atoms with Crippen LogP contribution in [0.3, 0.4) is 0 Å². The van der Waals surface area contributed by atoms with Crippen molar-refractivity contribution in [1.29, 1.82) is 0 Å². The van der Waals surface area contributed by atoms with Gasteiger partial charge >= 0.3 is 0 Å². The highest BCUT2D eigenvalue weighted by Gasteiger charge is 2.36. The lowest BCUT2D eigenvalue weighted by molar-refractivity contribution is 0.415. The maximum absolute atomic E-state index is 5.98. The van der Waals surface area contributed by atoms with Crippen molar-refractivity contribution in [1.82, 2.24) is 0 Å². The number of benzene rings is 3. The fourth-order valence-electron chi connectivity index (χ4n) is 3.21. The first-order valence-corrected chi connectivity index (χ1v) is 8.94. The van der Waals surface area contributed by atoms with Gasteiger partial charge < -0.3 is 9.64 Å². The number of anilines is 1. The highest BCUT2D eigenvalue weighted by molar-refractivity contribution is 6.30. The minimum atomic E-state index is 0.288. The molecule has 0 saturated carbocycles. The Balaban J connectivity index is 1.69. The molecule has 0 spiro atoms. The molecule has 1 fully saturated rings. The summed E-state index contributed by atoms with van der Waals surface area (Å²) in [5.41, 5.74) is 3.31. The summed E-state index contributed by atoms with van der Waals surface area (Å²) in [6.45, 7) is 0. The van der Waals surface area contributed by atoms with Crippen molar-refractivity contribution in [3.05, 3.63) is 89.4 Å². The Labute approximate surface area is 158 Å². The molecule has 3 aromatic carbocycles. The molecule has 0 aliphatic carbocycles. The summed E-state index contributed by atoms with van der Waals surface area (Å²) in [7, 11) is 1.68. The molecule has 0 bridgehead atoms. The lowest BCUT2D eigenvalue weighted by Gasteiger charge is -2.44. The molecule has 1 atom stereocenters. The highest BCUT2D eigenvalue weighted by Crippen LogP contribution is 2.41. The first-order valence-electron chi connectivity index (χ1n) is 8.56. The molecule has 0 radical (unpaired) electrons. The van der Waals surface area contributed by atoms with Crippen LogP contribution in [0.2, 0.25) is 5.02 Å². The molecule has 0 N–H and O–H groups in total.